The molecular weight excluding hydrogens is 370 g/mol. The Balaban J connectivity index is 1.78. The molecule has 1 saturated heterocycles. The molecule has 150 valence electrons. The molecule has 1 aliphatic rings. The molecule has 3 rings (SSSR count). The highest BCUT2D eigenvalue weighted by atomic mass is 16.5. The summed E-state index contributed by atoms with van der Waals surface area (Å²) in [4.78, 5) is 25.7. The van der Waals surface area contributed by atoms with Crippen LogP contribution in [0.25, 0.3) is 0 Å². The fourth-order valence-corrected chi connectivity index (χ4v) is 3.40. The van der Waals surface area contributed by atoms with Gasteiger partial charge in [-0.2, -0.15) is 5.26 Å². The second-order valence-electron chi connectivity index (χ2n) is 6.84. The summed E-state index contributed by atoms with van der Waals surface area (Å²) in [6.45, 7) is 0.921. The van der Waals surface area contributed by atoms with Crippen molar-refractivity contribution in [2.24, 2.45) is 5.73 Å². The molecule has 2 amide bonds. The quantitative estimate of drug-likeness (QED) is 0.694. The second kappa shape index (κ2) is 9.11. The Morgan fingerprint density at radius 2 is 2.10 bits per heavy atom. The fourth-order valence-electron chi connectivity index (χ4n) is 3.40. The molecule has 1 unspecified atom stereocenters. The predicted octanol–water partition coefficient (Wildman–Crippen LogP) is 3.00. The monoisotopic (exact) mass is 393 g/mol. The number of methoxy groups -OCH3 is 1. The summed E-state index contributed by atoms with van der Waals surface area (Å²) in [5, 5.41) is 8.65. The number of ether oxygens (including phenoxy) is 2. The van der Waals surface area contributed by atoms with Crippen LogP contribution in [0.4, 0.5) is 5.69 Å². The van der Waals surface area contributed by atoms with Crippen LogP contribution in [0.1, 0.15) is 41.1 Å². The van der Waals surface area contributed by atoms with E-state index < -0.39 is 5.91 Å². The van der Waals surface area contributed by atoms with Gasteiger partial charge in [-0.3, -0.25) is 9.59 Å². The topological polar surface area (TPSA) is 106 Å². The molecule has 0 bridgehead atoms. The maximum Gasteiger partial charge on any atom is 0.248 e. The zero-order valence-corrected chi connectivity index (χ0v) is 16.3. The van der Waals surface area contributed by atoms with Gasteiger partial charge in [-0.15, -0.1) is 0 Å². The molecule has 2 aromatic carbocycles. The summed E-state index contributed by atoms with van der Waals surface area (Å²) in [7, 11) is 1.57. The highest BCUT2D eigenvalue weighted by Crippen LogP contribution is 2.36. The minimum absolute atomic E-state index is 0.00732. The van der Waals surface area contributed by atoms with Crippen LogP contribution in [0, 0.1) is 11.3 Å². The Morgan fingerprint density at radius 3 is 2.83 bits per heavy atom. The molecule has 1 aliphatic heterocycles. The molecule has 0 radical (unpaired) electrons. The average Bonchev–Trinajstić information content (AvgIpc) is 3.13. The Labute approximate surface area is 169 Å². The van der Waals surface area contributed by atoms with Crippen LogP contribution in [-0.2, 0) is 4.79 Å². The Morgan fingerprint density at radius 1 is 1.28 bits per heavy atom. The van der Waals surface area contributed by atoms with Gasteiger partial charge in [-0.05, 0) is 42.3 Å². The van der Waals surface area contributed by atoms with Gasteiger partial charge in [0.2, 0.25) is 11.8 Å². The van der Waals surface area contributed by atoms with Gasteiger partial charge in [0.05, 0.1) is 19.8 Å². The third-order valence-corrected chi connectivity index (χ3v) is 4.92. The number of nitrogens with two attached hydrogens (primary N) is 1. The van der Waals surface area contributed by atoms with E-state index in [2.05, 4.69) is 6.07 Å². The second-order valence-corrected chi connectivity index (χ2v) is 6.84. The summed E-state index contributed by atoms with van der Waals surface area (Å²) in [6, 6.07) is 14.5. The fraction of sp³-hybridized carbons (Fsp3) is 0.318. The number of hydrogen-bond acceptors (Lipinski definition) is 5. The number of nitriles is 1. The third-order valence-electron chi connectivity index (χ3n) is 4.92. The molecule has 0 aromatic heterocycles. The third kappa shape index (κ3) is 4.66. The summed E-state index contributed by atoms with van der Waals surface area (Å²) in [5.41, 5.74) is 7.36. The number of amides is 2. The first-order valence-electron chi connectivity index (χ1n) is 9.41. The molecule has 0 saturated carbocycles. The van der Waals surface area contributed by atoms with E-state index in [1.165, 1.54) is 0 Å². The van der Waals surface area contributed by atoms with Gasteiger partial charge < -0.3 is 20.1 Å². The summed E-state index contributed by atoms with van der Waals surface area (Å²) >= 11 is 0. The van der Waals surface area contributed by atoms with Crippen molar-refractivity contribution in [1.82, 2.24) is 0 Å². The smallest absolute Gasteiger partial charge is 0.248 e. The molecule has 0 aliphatic carbocycles. The minimum atomic E-state index is -0.525. The average molecular weight is 393 g/mol. The van der Waals surface area contributed by atoms with Crippen molar-refractivity contribution >= 4 is 17.5 Å². The van der Waals surface area contributed by atoms with Crippen LogP contribution in [-0.4, -0.2) is 32.1 Å². The maximum atomic E-state index is 12.6. The summed E-state index contributed by atoms with van der Waals surface area (Å²) < 4.78 is 11.1. The molecule has 2 aromatic rings. The van der Waals surface area contributed by atoms with Crippen molar-refractivity contribution < 1.29 is 19.1 Å². The number of rotatable bonds is 8. The molecule has 29 heavy (non-hydrogen) atoms. The number of anilines is 1. The molecule has 7 nitrogen and oxygen atoms in total. The van der Waals surface area contributed by atoms with Gasteiger partial charge in [0.25, 0.3) is 0 Å². The van der Waals surface area contributed by atoms with Crippen LogP contribution >= 0.6 is 0 Å². The van der Waals surface area contributed by atoms with Crippen molar-refractivity contribution in [3.8, 4) is 17.6 Å². The normalized spacial score (nSPS) is 15.8. The highest BCUT2D eigenvalue weighted by Gasteiger charge is 2.32. The SMILES string of the molecule is COc1ccc(C2CC(=O)N(c3cccc(C(N)=O)c3)C2)cc1OCCCC#N. The Hall–Kier alpha value is -3.53. The van der Waals surface area contributed by atoms with Crippen LogP contribution in [0.2, 0.25) is 0 Å². The molecule has 2 N–H and O–H groups in total. The van der Waals surface area contributed by atoms with Crippen LogP contribution in [0.5, 0.6) is 11.5 Å². The van der Waals surface area contributed by atoms with Crippen LogP contribution in [0.3, 0.4) is 0 Å². The van der Waals surface area contributed by atoms with E-state index in [1.54, 1.807) is 36.3 Å². The summed E-state index contributed by atoms with van der Waals surface area (Å²) in [6.07, 6.45) is 1.43. The van der Waals surface area contributed by atoms with Crippen molar-refractivity contribution in [2.45, 2.75) is 25.2 Å². The first-order chi connectivity index (χ1) is 14.0. The van der Waals surface area contributed by atoms with E-state index in [1.807, 2.05) is 18.2 Å². The molecule has 1 atom stereocenters. The zero-order chi connectivity index (χ0) is 20.8. The number of hydrogen-bond donors (Lipinski definition) is 1. The number of nitrogens with zero attached hydrogens (tertiary/aromatic N) is 2. The first-order valence-corrected chi connectivity index (χ1v) is 9.41. The largest absolute Gasteiger partial charge is 0.493 e. The number of primary amides is 1. The summed E-state index contributed by atoms with van der Waals surface area (Å²) in [5.74, 6) is 0.671. The highest BCUT2D eigenvalue weighted by molar-refractivity contribution is 5.99. The van der Waals surface area contributed by atoms with E-state index in [0.29, 0.717) is 55.2 Å². The van der Waals surface area contributed by atoms with Gasteiger partial charge in [0.1, 0.15) is 0 Å². The minimum Gasteiger partial charge on any atom is -0.493 e. The van der Waals surface area contributed by atoms with Gasteiger partial charge in [0.15, 0.2) is 11.5 Å². The van der Waals surface area contributed by atoms with E-state index in [0.717, 1.165) is 5.56 Å². The maximum absolute atomic E-state index is 12.6. The van der Waals surface area contributed by atoms with Gasteiger partial charge in [0, 0.05) is 36.6 Å². The lowest BCUT2D eigenvalue weighted by Crippen LogP contribution is -2.24. The molecule has 0 spiro atoms. The number of carbonyl (C=O) groups is 2. The molecular formula is C22H23N3O4. The Bertz CT molecular complexity index is 951. The van der Waals surface area contributed by atoms with Crippen molar-refractivity contribution in [1.29, 1.82) is 5.26 Å². The van der Waals surface area contributed by atoms with Crippen molar-refractivity contribution in [2.75, 3.05) is 25.2 Å². The number of carbonyl (C=O) groups excluding carboxylic acids is 2. The number of unbranched alkanes of at least 4 members (excludes halogenated alkanes) is 1. The lowest BCUT2D eigenvalue weighted by atomic mass is 9.98. The zero-order valence-electron chi connectivity index (χ0n) is 16.3. The van der Waals surface area contributed by atoms with Crippen molar-refractivity contribution in [3.05, 3.63) is 53.6 Å². The van der Waals surface area contributed by atoms with E-state index >= 15 is 0 Å². The standard InChI is InChI=1S/C22H23N3O4/c1-28-19-8-7-15(12-20(19)29-10-3-2-9-23)17-13-21(26)25(14-17)18-6-4-5-16(11-18)22(24)27/h4-8,11-12,17H,2-3,10,13-14H2,1H3,(H2,24,27). The van der Waals surface area contributed by atoms with Gasteiger partial charge >= 0.3 is 0 Å². The van der Waals surface area contributed by atoms with E-state index in [9.17, 15) is 9.59 Å². The van der Waals surface area contributed by atoms with Crippen molar-refractivity contribution in [3.63, 3.8) is 0 Å². The molecule has 7 heteroatoms. The Kier molecular flexibility index (Phi) is 6.35. The lowest BCUT2D eigenvalue weighted by Gasteiger charge is -2.18. The first kappa shape index (κ1) is 20.2. The van der Waals surface area contributed by atoms with Gasteiger partial charge in [-0.1, -0.05) is 12.1 Å². The van der Waals surface area contributed by atoms with E-state index in [4.69, 9.17) is 20.5 Å². The lowest BCUT2D eigenvalue weighted by molar-refractivity contribution is -0.117. The van der Waals surface area contributed by atoms with E-state index in [-0.39, 0.29) is 11.8 Å². The van der Waals surface area contributed by atoms with Crippen LogP contribution in [0.15, 0.2) is 42.5 Å². The molecule has 1 heterocycles. The van der Waals surface area contributed by atoms with Crippen LogP contribution < -0.4 is 20.1 Å². The number of benzene rings is 2. The predicted molar refractivity (Wildman–Crippen MR) is 108 cm³/mol. The molecule has 1 fully saturated rings. The van der Waals surface area contributed by atoms with Gasteiger partial charge in [-0.25, -0.2) is 0 Å².